The molecule has 7 nitrogen and oxygen atoms in total. The molecule has 3 atom stereocenters. The van der Waals surface area contributed by atoms with Crippen LogP contribution in [0.2, 0.25) is 18.1 Å². The molecule has 23 heavy (non-hydrogen) atoms. The molecule has 0 spiro atoms. The smallest absolute Gasteiger partial charge is 0.351 e. The summed E-state index contributed by atoms with van der Waals surface area (Å²) in [5.41, 5.74) is 5.01. The van der Waals surface area contributed by atoms with Crippen molar-refractivity contribution in [3.63, 3.8) is 0 Å². The molecule has 0 bridgehead atoms. The van der Waals surface area contributed by atoms with E-state index in [4.69, 9.17) is 14.9 Å². The molecule has 1 aromatic rings. The predicted octanol–water partition coefficient (Wildman–Crippen LogP) is 1.50. The molecule has 0 radical (unpaired) electrons. The minimum Gasteiger partial charge on any atom is -0.414 e. The number of aliphatic hydroxyl groups is 1. The van der Waals surface area contributed by atoms with E-state index in [9.17, 15) is 9.90 Å². The molecule has 0 amide bonds. The first-order valence-electron chi connectivity index (χ1n) is 7.83. The Morgan fingerprint density at radius 3 is 2.74 bits per heavy atom. The lowest BCUT2D eigenvalue weighted by molar-refractivity contribution is -0.0432. The first-order valence-corrected chi connectivity index (χ1v) is 10.7. The topological polar surface area (TPSA) is 99.6 Å². The van der Waals surface area contributed by atoms with Gasteiger partial charge in [0.1, 0.15) is 18.1 Å². The monoisotopic (exact) mass is 341 g/mol. The van der Waals surface area contributed by atoms with E-state index in [0.29, 0.717) is 13.0 Å². The van der Waals surface area contributed by atoms with Crippen LogP contribution in [0, 0.1) is 0 Å². The van der Waals surface area contributed by atoms with Crippen molar-refractivity contribution in [1.29, 1.82) is 0 Å². The summed E-state index contributed by atoms with van der Waals surface area (Å²) in [5.74, 6) is 0.169. The number of ether oxygens (including phenoxy) is 1. The highest BCUT2D eigenvalue weighted by Crippen LogP contribution is 2.37. The van der Waals surface area contributed by atoms with Gasteiger partial charge in [0, 0.05) is 12.6 Å². The van der Waals surface area contributed by atoms with Crippen LogP contribution in [0.5, 0.6) is 0 Å². The SMILES string of the molecule is CC(C)(C)[Si](C)(C)OC[C@H]1O[C@@H](n2ccc(N)nc2=O)C[C@H]1O. The summed E-state index contributed by atoms with van der Waals surface area (Å²) in [5, 5.41) is 10.3. The lowest BCUT2D eigenvalue weighted by Gasteiger charge is -2.37. The molecule has 0 aliphatic carbocycles. The van der Waals surface area contributed by atoms with Crippen LogP contribution in [0.15, 0.2) is 17.1 Å². The third kappa shape index (κ3) is 4.00. The van der Waals surface area contributed by atoms with Gasteiger partial charge in [-0.25, -0.2) is 4.79 Å². The van der Waals surface area contributed by atoms with Crippen LogP contribution in [-0.4, -0.2) is 41.8 Å². The van der Waals surface area contributed by atoms with Crippen molar-refractivity contribution in [1.82, 2.24) is 9.55 Å². The Hall–Kier alpha value is -1.22. The lowest BCUT2D eigenvalue weighted by Crippen LogP contribution is -2.43. The van der Waals surface area contributed by atoms with E-state index in [1.165, 1.54) is 10.6 Å². The molecule has 0 unspecified atom stereocenters. The average Bonchev–Trinajstić information content (AvgIpc) is 2.76. The molecule has 2 heterocycles. The molecule has 0 saturated carbocycles. The number of rotatable bonds is 4. The van der Waals surface area contributed by atoms with E-state index in [1.807, 2.05) is 0 Å². The zero-order valence-electron chi connectivity index (χ0n) is 14.4. The van der Waals surface area contributed by atoms with Gasteiger partial charge in [-0.15, -0.1) is 0 Å². The number of hydrogen-bond donors (Lipinski definition) is 2. The number of aromatic nitrogens is 2. The van der Waals surface area contributed by atoms with Crippen LogP contribution in [0.3, 0.4) is 0 Å². The second-order valence-electron chi connectivity index (χ2n) is 7.55. The molecular formula is C15H27N3O4Si. The third-order valence-corrected chi connectivity index (χ3v) is 9.28. The van der Waals surface area contributed by atoms with Crippen molar-refractivity contribution >= 4 is 14.1 Å². The van der Waals surface area contributed by atoms with E-state index in [2.05, 4.69) is 38.8 Å². The Morgan fingerprint density at radius 1 is 1.52 bits per heavy atom. The van der Waals surface area contributed by atoms with Gasteiger partial charge in [-0.05, 0) is 24.2 Å². The summed E-state index contributed by atoms with van der Waals surface area (Å²) in [6.07, 6.45) is 0.210. The van der Waals surface area contributed by atoms with Crippen LogP contribution >= 0.6 is 0 Å². The zero-order valence-corrected chi connectivity index (χ0v) is 15.4. The van der Waals surface area contributed by atoms with Crippen molar-refractivity contribution < 1.29 is 14.3 Å². The molecule has 2 rings (SSSR count). The van der Waals surface area contributed by atoms with Crippen molar-refractivity contribution in [2.75, 3.05) is 12.3 Å². The van der Waals surface area contributed by atoms with E-state index < -0.39 is 32.4 Å². The Bertz CT molecular complexity index is 611. The molecular weight excluding hydrogens is 314 g/mol. The van der Waals surface area contributed by atoms with E-state index in [0.717, 1.165) is 0 Å². The van der Waals surface area contributed by atoms with Gasteiger partial charge in [0.15, 0.2) is 8.32 Å². The van der Waals surface area contributed by atoms with Gasteiger partial charge in [-0.1, -0.05) is 20.8 Å². The second kappa shape index (κ2) is 6.35. The van der Waals surface area contributed by atoms with Crippen LogP contribution in [0.1, 0.15) is 33.4 Å². The maximum atomic E-state index is 11.9. The normalized spacial score (nSPS) is 25.7. The maximum Gasteiger partial charge on any atom is 0.351 e. The van der Waals surface area contributed by atoms with Gasteiger partial charge in [0.05, 0.1) is 12.7 Å². The number of anilines is 1. The van der Waals surface area contributed by atoms with E-state index >= 15 is 0 Å². The summed E-state index contributed by atoms with van der Waals surface area (Å²) in [6, 6.07) is 1.54. The molecule has 3 N–H and O–H groups in total. The van der Waals surface area contributed by atoms with Crippen LogP contribution in [0.25, 0.3) is 0 Å². The molecule has 130 valence electrons. The maximum absolute atomic E-state index is 11.9. The highest BCUT2D eigenvalue weighted by Gasteiger charge is 2.41. The average molecular weight is 341 g/mol. The Balaban J connectivity index is 2.03. The van der Waals surface area contributed by atoms with Crippen LogP contribution in [-0.2, 0) is 9.16 Å². The zero-order chi connectivity index (χ0) is 17.4. The van der Waals surface area contributed by atoms with Gasteiger partial charge >= 0.3 is 5.69 Å². The fraction of sp³-hybridized carbons (Fsp3) is 0.733. The summed E-state index contributed by atoms with van der Waals surface area (Å²) < 4.78 is 13.3. The van der Waals surface area contributed by atoms with E-state index in [1.54, 1.807) is 6.20 Å². The molecule has 1 saturated heterocycles. The molecule has 1 aliphatic rings. The van der Waals surface area contributed by atoms with Gasteiger partial charge in [0.25, 0.3) is 0 Å². The summed E-state index contributed by atoms with van der Waals surface area (Å²) in [7, 11) is -1.91. The van der Waals surface area contributed by atoms with Gasteiger partial charge in [-0.2, -0.15) is 4.98 Å². The molecule has 1 aromatic heterocycles. The minimum absolute atomic E-state index is 0.0910. The fourth-order valence-electron chi connectivity index (χ4n) is 2.19. The van der Waals surface area contributed by atoms with Gasteiger partial charge in [0.2, 0.25) is 0 Å². The quantitative estimate of drug-likeness (QED) is 0.805. The third-order valence-electron chi connectivity index (χ3n) is 4.78. The number of nitrogens with two attached hydrogens (primary N) is 1. The van der Waals surface area contributed by atoms with E-state index in [-0.39, 0.29) is 10.9 Å². The minimum atomic E-state index is -1.91. The number of aliphatic hydroxyl groups excluding tert-OH is 1. The second-order valence-corrected chi connectivity index (χ2v) is 12.4. The number of nitrogen functional groups attached to an aromatic ring is 1. The Morgan fingerprint density at radius 2 is 2.17 bits per heavy atom. The number of hydrogen-bond acceptors (Lipinski definition) is 6. The standard InChI is InChI=1S/C15H27N3O4Si/c1-15(2,3)23(4,5)21-9-11-10(19)8-13(22-11)18-7-6-12(16)17-14(18)20/h6-7,10-11,13,19H,8-9H2,1-5H3,(H2,16,17,20)/t10-,11-,13-/m1/s1. The molecule has 1 aliphatic heterocycles. The first-order chi connectivity index (χ1) is 10.5. The van der Waals surface area contributed by atoms with Crippen LogP contribution in [0.4, 0.5) is 5.82 Å². The Kier molecular flexibility index (Phi) is 5.00. The molecule has 1 fully saturated rings. The highest BCUT2D eigenvalue weighted by atomic mass is 28.4. The van der Waals surface area contributed by atoms with Crippen molar-refractivity contribution in [3.05, 3.63) is 22.7 Å². The van der Waals surface area contributed by atoms with Crippen molar-refractivity contribution in [3.8, 4) is 0 Å². The summed E-state index contributed by atoms with van der Waals surface area (Å²) in [4.78, 5) is 15.6. The van der Waals surface area contributed by atoms with Gasteiger partial charge in [-0.3, -0.25) is 4.57 Å². The fourth-order valence-corrected chi connectivity index (χ4v) is 3.20. The summed E-state index contributed by atoms with van der Waals surface area (Å²) in [6.45, 7) is 11.1. The lowest BCUT2D eigenvalue weighted by atomic mass is 10.2. The first kappa shape index (κ1) is 18.1. The van der Waals surface area contributed by atoms with Crippen molar-refractivity contribution in [2.24, 2.45) is 0 Å². The molecule has 0 aromatic carbocycles. The van der Waals surface area contributed by atoms with Crippen LogP contribution < -0.4 is 11.4 Å². The molecule has 8 heteroatoms. The Labute approximate surface area is 137 Å². The van der Waals surface area contributed by atoms with Crippen molar-refractivity contribution in [2.45, 2.75) is 63.8 Å². The van der Waals surface area contributed by atoms with Gasteiger partial charge < -0.3 is 20.0 Å². The number of nitrogens with zero attached hydrogens (tertiary/aromatic N) is 2. The highest BCUT2D eigenvalue weighted by molar-refractivity contribution is 6.74. The largest absolute Gasteiger partial charge is 0.414 e. The predicted molar refractivity (Wildman–Crippen MR) is 90.6 cm³/mol. The summed E-state index contributed by atoms with van der Waals surface area (Å²) >= 11 is 0.